The van der Waals surface area contributed by atoms with E-state index in [1.807, 2.05) is 5.51 Å². The highest BCUT2D eigenvalue weighted by Crippen LogP contribution is 2.20. The maximum absolute atomic E-state index is 4.34. The first-order valence-electron chi connectivity index (χ1n) is 5.49. The zero-order valence-electron chi connectivity index (χ0n) is 8.70. The van der Waals surface area contributed by atoms with Crippen LogP contribution >= 0.6 is 11.3 Å². The molecule has 1 fully saturated rings. The molecule has 1 aliphatic carbocycles. The van der Waals surface area contributed by atoms with Crippen molar-refractivity contribution in [2.75, 3.05) is 6.54 Å². The molecule has 1 aliphatic rings. The third-order valence-electron chi connectivity index (χ3n) is 2.83. The first-order valence-corrected chi connectivity index (χ1v) is 6.43. The predicted molar refractivity (Wildman–Crippen MR) is 60.6 cm³/mol. The molecule has 2 rings (SSSR count). The summed E-state index contributed by atoms with van der Waals surface area (Å²) >= 11 is 1.70. The van der Waals surface area contributed by atoms with E-state index in [4.69, 9.17) is 0 Å². The third kappa shape index (κ3) is 3.07. The van der Waals surface area contributed by atoms with Crippen LogP contribution in [0.5, 0.6) is 0 Å². The second kappa shape index (κ2) is 4.89. The Morgan fingerprint density at radius 3 is 3.07 bits per heavy atom. The fourth-order valence-corrected chi connectivity index (χ4v) is 2.19. The van der Waals surface area contributed by atoms with Gasteiger partial charge in [-0.05, 0) is 31.7 Å². The van der Waals surface area contributed by atoms with Crippen molar-refractivity contribution in [3.63, 3.8) is 0 Å². The molecular weight excluding hydrogens is 192 g/mol. The summed E-state index contributed by atoms with van der Waals surface area (Å²) in [5, 5.41) is 5.76. The van der Waals surface area contributed by atoms with Crippen LogP contribution in [0.1, 0.15) is 31.9 Å². The lowest BCUT2D eigenvalue weighted by Crippen LogP contribution is -2.25. The summed E-state index contributed by atoms with van der Waals surface area (Å²) in [5.74, 6) is 0.762. The molecule has 0 amide bonds. The molecule has 0 radical (unpaired) electrons. The predicted octanol–water partition coefficient (Wildman–Crippen LogP) is 2.46. The van der Waals surface area contributed by atoms with Gasteiger partial charge in [0.15, 0.2) is 0 Å². The second-order valence-corrected chi connectivity index (χ2v) is 4.86. The van der Waals surface area contributed by atoms with Crippen molar-refractivity contribution in [2.45, 2.75) is 38.6 Å². The van der Waals surface area contributed by atoms with Gasteiger partial charge in [-0.3, -0.25) is 0 Å². The van der Waals surface area contributed by atoms with Crippen LogP contribution in [0.25, 0.3) is 0 Å². The minimum Gasteiger partial charge on any atom is -0.314 e. The van der Waals surface area contributed by atoms with E-state index in [0.717, 1.165) is 18.4 Å². The molecule has 2 nitrogen and oxygen atoms in total. The third-order valence-corrected chi connectivity index (χ3v) is 3.47. The van der Waals surface area contributed by atoms with E-state index in [1.165, 1.54) is 31.5 Å². The van der Waals surface area contributed by atoms with Gasteiger partial charge in [-0.15, -0.1) is 11.3 Å². The number of nitrogens with zero attached hydrogens (tertiary/aromatic N) is 1. The molecule has 1 unspecified atom stereocenters. The topological polar surface area (TPSA) is 24.9 Å². The van der Waals surface area contributed by atoms with Crippen LogP contribution in [-0.4, -0.2) is 17.6 Å². The molecule has 0 spiro atoms. The van der Waals surface area contributed by atoms with Crippen molar-refractivity contribution in [1.29, 1.82) is 0 Å². The van der Waals surface area contributed by atoms with Crippen LogP contribution in [0.3, 0.4) is 0 Å². The van der Waals surface area contributed by atoms with E-state index in [9.17, 15) is 0 Å². The van der Waals surface area contributed by atoms with Gasteiger partial charge in [0.05, 0.1) is 11.2 Å². The van der Waals surface area contributed by atoms with Gasteiger partial charge in [0.1, 0.15) is 0 Å². The van der Waals surface area contributed by atoms with Gasteiger partial charge in [-0.2, -0.15) is 0 Å². The standard InChI is InChI=1S/C11H18N2S/c1-2-9(6-12-10-3-4-10)5-11-7-14-8-13-11/h7-10,12H,2-6H2,1H3. The van der Waals surface area contributed by atoms with Crippen molar-refractivity contribution in [1.82, 2.24) is 10.3 Å². The highest BCUT2D eigenvalue weighted by atomic mass is 32.1. The number of rotatable bonds is 6. The first-order chi connectivity index (χ1) is 6.88. The molecular formula is C11H18N2S. The van der Waals surface area contributed by atoms with E-state index in [0.29, 0.717) is 0 Å². The minimum atomic E-state index is 0.762. The average Bonchev–Trinajstić information content (AvgIpc) is 2.90. The molecule has 1 atom stereocenters. The Bertz CT molecular complexity index is 254. The minimum absolute atomic E-state index is 0.762. The first kappa shape index (κ1) is 10.1. The van der Waals surface area contributed by atoms with E-state index in [1.54, 1.807) is 11.3 Å². The lowest BCUT2D eigenvalue weighted by Gasteiger charge is -2.13. The number of nitrogens with one attached hydrogen (secondary N) is 1. The Kier molecular flexibility index (Phi) is 3.54. The van der Waals surface area contributed by atoms with Crippen molar-refractivity contribution < 1.29 is 0 Å². The number of thiazole rings is 1. The Morgan fingerprint density at radius 1 is 1.64 bits per heavy atom. The monoisotopic (exact) mass is 210 g/mol. The van der Waals surface area contributed by atoms with E-state index in [-0.39, 0.29) is 0 Å². The van der Waals surface area contributed by atoms with Crippen molar-refractivity contribution >= 4 is 11.3 Å². The lowest BCUT2D eigenvalue weighted by atomic mass is 10.0. The van der Waals surface area contributed by atoms with Crippen LogP contribution in [0.4, 0.5) is 0 Å². The summed E-state index contributed by atoms with van der Waals surface area (Å²) in [6.45, 7) is 3.43. The maximum atomic E-state index is 4.34. The number of aromatic nitrogens is 1. The summed E-state index contributed by atoms with van der Waals surface area (Å²) in [5.41, 5.74) is 3.19. The Balaban J connectivity index is 1.74. The van der Waals surface area contributed by atoms with E-state index < -0.39 is 0 Å². The normalized spacial score (nSPS) is 18.4. The summed E-state index contributed by atoms with van der Waals surface area (Å²) in [4.78, 5) is 4.34. The SMILES string of the molecule is CCC(CNC1CC1)Cc1cscn1. The molecule has 1 aromatic rings. The zero-order valence-corrected chi connectivity index (χ0v) is 9.52. The van der Waals surface area contributed by atoms with Crippen LogP contribution < -0.4 is 5.32 Å². The molecule has 0 bridgehead atoms. The van der Waals surface area contributed by atoms with Gasteiger partial charge in [0.25, 0.3) is 0 Å². The van der Waals surface area contributed by atoms with Gasteiger partial charge < -0.3 is 5.32 Å². The molecule has 0 saturated heterocycles. The van der Waals surface area contributed by atoms with Crippen LogP contribution in [0.2, 0.25) is 0 Å². The van der Waals surface area contributed by atoms with Crippen LogP contribution in [0, 0.1) is 5.92 Å². The molecule has 0 aliphatic heterocycles. The van der Waals surface area contributed by atoms with Crippen molar-refractivity contribution in [3.05, 3.63) is 16.6 Å². The van der Waals surface area contributed by atoms with E-state index >= 15 is 0 Å². The quantitative estimate of drug-likeness (QED) is 0.780. The van der Waals surface area contributed by atoms with Crippen LogP contribution in [0.15, 0.2) is 10.9 Å². The highest BCUT2D eigenvalue weighted by molar-refractivity contribution is 7.07. The summed E-state index contributed by atoms with van der Waals surface area (Å²) in [6.07, 6.45) is 5.15. The highest BCUT2D eigenvalue weighted by Gasteiger charge is 2.21. The van der Waals surface area contributed by atoms with Crippen LogP contribution in [-0.2, 0) is 6.42 Å². The van der Waals surface area contributed by atoms with E-state index in [2.05, 4.69) is 22.6 Å². The summed E-state index contributed by atoms with van der Waals surface area (Å²) in [6, 6.07) is 0.833. The summed E-state index contributed by atoms with van der Waals surface area (Å²) < 4.78 is 0. The fraction of sp³-hybridized carbons (Fsp3) is 0.727. The van der Waals surface area contributed by atoms with Crippen molar-refractivity contribution in [3.8, 4) is 0 Å². The van der Waals surface area contributed by atoms with Gasteiger partial charge in [-0.1, -0.05) is 13.3 Å². The molecule has 1 heterocycles. The Morgan fingerprint density at radius 2 is 2.50 bits per heavy atom. The molecule has 14 heavy (non-hydrogen) atoms. The smallest absolute Gasteiger partial charge is 0.0794 e. The average molecular weight is 210 g/mol. The summed E-state index contributed by atoms with van der Waals surface area (Å²) in [7, 11) is 0. The molecule has 1 N–H and O–H groups in total. The molecule has 1 saturated carbocycles. The molecule has 78 valence electrons. The van der Waals surface area contributed by atoms with Crippen molar-refractivity contribution in [2.24, 2.45) is 5.92 Å². The van der Waals surface area contributed by atoms with Gasteiger partial charge in [0, 0.05) is 11.4 Å². The number of hydrogen-bond donors (Lipinski definition) is 1. The van der Waals surface area contributed by atoms with Gasteiger partial charge >= 0.3 is 0 Å². The number of hydrogen-bond acceptors (Lipinski definition) is 3. The lowest BCUT2D eigenvalue weighted by molar-refractivity contribution is 0.455. The van der Waals surface area contributed by atoms with Gasteiger partial charge in [0.2, 0.25) is 0 Å². The molecule has 3 heteroatoms. The fourth-order valence-electron chi connectivity index (χ4n) is 1.62. The Hall–Kier alpha value is -0.410. The Labute approximate surface area is 89.8 Å². The molecule has 1 aromatic heterocycles. The molecule has 0 aromatic carbocycles. The second-order valence-electron chi connectivity index (χ2n) is 4.14. The largest absolute Gasteiger partial charge is 0.314 e. The zero-order chi connectivity index (χ0) is 9.80. The maximum Gasteiger partial charge on any atom is 0.0794 e. The van der Waals surface area contributed by atoms with Gasteiger partial charge in [-0.25, -0.2) is 4.98 Å².